The van der Waals surface area contributed by atoms with E-state index in [2.05, 4.69) is 17.1 Å². The van der Waals surface area contributed by atoms with Crippen molar-refractivity contribution in [3.63, 3.8) is 0 Å². The molecule has 1 N–H and O–H groups in total. The number of carbonyl (C=O) groups is 1. The lowest BCUT2D eigenvalue weighted by atomic mass is 9.92. The predicted molar refractivity (Wildman–Crippen MR) is 99.6 cm³/mol. The maximum Gasteiger partial charge on any atom is 0.258 e. The molecule has 1 aliphatic rings. The zero-order valence-electron chi connectivity index (χ0n) is 16.3. The van der Waals surface area contributed by atoms with Gasteiger partial charge in [0.1, 0.15) is 11.4 Å². The van der Waals surface area contributed by atoms with Crippen LogP contribution in [0, 0.1) is 0 Å². The van der Waals surface area contributed by atoms with Crippen LogP contribution in [0.25, 0.3) is 0 Å². The number of hydrogen-bond donors (Lipinski definition) is 1. The molecule has 3 rings (SSSR count). The second-order valence-corrected chi connectivity index (χ2v) is 7.53. The highest BCUT2D eigenvalue weighted by atomic mass is 16.5. The second kappa shape index (κ2) is 7.68. The van der Waals surface area contributed by atoms with Crippen LogP contribution >= 0.6 is 0 Å². The van der Waals surface area contributed by atoms with Crippen LogP contribution in [0.5, 0.6) is 5.75 Å². The molecular formula is C20H27N3O4. The molecule has 146 valence electrons. The molecule has 7 nitrogen and oxygen atoms in total. The van der Waals surface area contributed by atoms with Crippen LogP contribution < -0.4 is 4.74 Å². The molecule has 0 radical (unpaired) electrons. The Morgan fingerprint density at radius 1 is 1.37 bits per heavy atom. The minimum absolute atomic E-state index is 0.0238. The lowest BCUT2D eigenvalue weighted by molar-refractivity contribution is 0.0420. The fourth-order valence-corrected chi connectivity index (χ4v) is 3.33. The zero-order chi connectivity index (χ0) is 19.6. The summed E-state index contributed by atoms with van der Waals surface area (Å²) in [7, 11) is 0. The first-order valence-corrected chi connectivity index (χ1v) is 9.40. The van der Waals surface area contributed by atoms with Crippen LogP contribution in [0.2, 0.25) is 0 Å². The van der Waals surface area contributed by atoms with Crippen LogP contribution in [0.1, 0.15) is 68.5 Å². The Bertz CT molecular complexity index is 797. The summed E-state index contributed by atoms with van der Waals surface area (Å²) >= 11 is 0. The van der Waals surface area contributed by atoms with Gasteiger partial charge in [0.15, 0.2) is 5.82 Å². The van der Waals surface area contributed by atoms with E-state index in [9.17, 15) is 9.90 Å². The third-order valence-electron chi connectivity index (χ3n) is 4.89. The first kappa shape index (κ1) is 19.4. The van der Waals surface area contributed by atoms with Crippen LogP contribution in [0.3, 0.4) is 0 Å². The summed E-state index contributed by atoms with van der Waals surface area (Å²) in [5.74, 6) is 1.25. The van der Waals surface area contributed by atoms with Gasteiger partial charge >= 0.3 is 0 Å². The van der Waals surface area contributed by atoms with Crippen molar-refractivity contribution in [2.45, 2.75) is 58.1 Å². The van der Waals surface area contributed by atoms with E-state index in [0.29, 0.717) is 30.3 Å². The maximum absolute atomic E-state index is 13.2. The van der Waals surface area contributed by atoms with E-state index in [1.807, 2.05) is 30.0 Å². The van der Waals surface area contributed by atoms with Crippen LogP contribution in [-0.4, -0.2) is 45.2 Å². The van der Waals surface area contributed by atoms with E-state index in [1.165, 1.54) is 0 Å². The van der Waals surface area contributed by atoms with Gasteiger partial charge in [0.05, 0.1) is 12.2 Å². The molecule has 1 saturated heterocycles. The Balaban J connectivity index is 1.81. The van der Waals surface area contributed by atoms with Crippen molar-refractivity contribution in [2.75, 3.05) is 13.2 Å². The molecule has 2 atom stereocenters. The molecule has 7 heteroatoms. The number of aromatic nitrogens is 2. The summed E-state index contributed by atoms with van der Waals surface area (Å²) in [5.41, 5.74) is -0.615. The van der Waals surface area contributed by atoms with Gasteiger partial charge in [0, 0.05) is 18.5 Å². The molecule has 0 unspecified atom stereocenters. The molecule has 1 aliphatic heterocycles. The standard InChI is InChI=1S/C20H27N3O4/c1-5-26-16-9-7-6-8-15(16)18(24)23-12-14(11-10-13(23)2)17-21-19(27-22-17)20(3,4)25/h6-9,13-14,25H,5,10-12H2,1-4H3/t13-,14-/m1/s1. The topological polar surface area (TPSA) is 88.7 Å². The normalized spacial score (nSPS) is 20.6. The van der Waals surface area contributed by atoms with E-state index in [0.717, 1.165) is 12.8 Å². The van der Waals surface area contributed by atoms with Crippen molar-refractivity contribution in [2.24, 2.45) is 0 Å². The Hall–Kier alpha value is -2.41. The number of amides is 1. The molecule has 1 aromatic heterocycles. The number of para-hydroxylation sites is 1. The van der Waals surface area contributed by atoms with Crippen molar-refractivity contribution in [1.29, 1.82) is 0 Å². The van der Waals surface area contributed by atoms with Crippen LogP contribution in [-0.2, 0) is 5.60 Å². The highest BCUT2D eigenvalue weighted by Crippen LogP contribution is 2.32. The molecule has 1 amide bonds. The van der Waals surface area contributed by atoms with Gasteiger partial charge in [-0.3, -0.25) is 4.79 Å². The van der Waals surface area contributed by atoms with Gasteiger partial charge in [0.25, 0.3) is 11.8 Å². The lowest BCUT2D eigenvalue weighted by Crippen LogP contribution is -2.45. The van der Waals surface area contributed by atoms with E-state index >= 15 is 0 Å². The number of nitrogens with zero attached hydrogens (tertiary/aromatic N) is 3. The Morgan fingerprint density at radius 3 is 2.78 bits per heavy atom. The van der Waals surface area contributed by atoms with Gasteiger partial charge in [-0.25, -0.2) is 0 Å². The van der Waals surface area contributed by atoms with Gasteiger partial charge in [-0.05, 0) is 52.7 Å². The van der Waals surface area contributed by atoms with Crippen LogP contribution in [0.15, 0.2) is 28.8 Å². The third kappa shape index (κ3) is 4.13. The number of hydrogen-bond acceptors (Lipinski definition) is 6. The quantitative estimate of drug-likeness (QED) is 0.866. The number of benzene rings is 1. The van der Waals surface area contributed by atoms with E-state index < -0.39 is 5.60 Å². The zero-order valence-corrected chi connectivity index (χ0v) is 16.3. The number of piperidine rings is 1. The molecular weight excluding hydrogens is 346 g/mol. The number of ether oxygens (including phenoxy) is 1. The fraction of sp³-hybridized carbons (Fsp3) is 0.550. The Morgan fingerprint density at radius 2 is 2.11 bits per heavy atom. The largest absolute Gasteiger partial charge is 0.493 e. The first-order valence-electron chi connectivity index (χ1n) is 9.40. The van der Waals surface area contributed by atoms with Crippen molar-refractivity contribution >= 4 is 5.91 Å². The molecule has 0 aliphatic carbocycles. The molecule has 2 aromatic rings. The first-order chi connectivity index (χ1) is 12.8. The van der Waals surface area contributed by atoms with Crippen LogP contribution in [0.4, 0.5) is 0 Å². The van der Waals surface area contributed by atoms with Crippen molar-refractivity contribution in [1.82, 2.24) is 15.0 Å². The molecule has 0 saturated carbocycles. The SMILES string of the molecule is CCOc1ccccc1C(=O)N1C[C@H](c2noc(C(C)(C)O)n2)CC[C@H]1C. The summed E-state index contributed by atoms with van der Waals surface area (Å²) < 4.78 is 10.8. The maximum atomic E-state index is 13.2. The average Bonchev–Trinajstić information content (AvgIpc) is 3.13. The number of likely N-dealkylation sites (tertiary alicyclic amines) is 1. The van der Waals surface area contributed by atoms with Crippen molar-refractivity contribution in [3.05, 3.63) is 41.5 Å². The van der Waals surface area contributed by atoms with Crippen molar-refractivity contribution < 1.29 is 19.2 Å². The smallest absolute Gasteiger partial charge is 0.258 e. The molecule has 2 heterocycles. The van der Waals surface area contributed by atoms with Gasteiger partial charge in [-0.15, -0.1) is 0 Å². The van der Waals surface area contributed by atoms with E-state index in [-0.39, 0.29) is 23.8 Å². The number of rotatable bonds is 5. The van der Waals surface area contributed by atoms with Gasteiger partial charge in [-0.1, -0.05) is 17.3 Å². The average molecular weight is 373 g/mol. The summed E-state index contributed by atoms with van der Waals surface area (Å²) in [6.07, 6.45) is 1.71. The summed E-state index contributed by atoms with van der Waals surface area (Å²) in [6, 6.07) is 7.43. The lowest BCUT2D eigenvalue weighted by Gasteiger charge is -2.37. The molecule has 0 spiro atoms. The molecule has 27 heavy (non-hydrogen) atoms. The number of carbonyl (C=O) groups excluding carboxylic acids is 1. The van der Waals surface area contributed by atoms with E-state index in [1.54, 1.807) is 19.9 Å². The molecule has 1 aromatic carbocycles. The minimum atomic E-state index is -1.18. The second-order valence-electron chi connectivity index (χ2n) is 7.53. The van der Waals surface area contributed by atoms with Gasteiger partial charge in [0.2, 0.25) is 0 Å². The highest BCUT2D eigenvalue weighted by molar-refractivity contribution is 5.97. The fourth-order valence-electron chi connectivity index (χ4n) is 3.33. The van der Waals surface area contributed by atoms with E-state index in [4.69, 9.17) is 9.26 Å². The molecule has 0 bridgehead atoms. The van der Waals surface area contributed by atoms with Gasteiger partial charge < -0.3 is 19.3 Å². The Labute approximate surface area is 159 Å². The summed E-state index contributed by atoms with van der Waals surface area (Å²) in [5, 5.41) is 14.1. The Kier molecular flexibility index (Phi) is 5.51. The summed E-state index contributed by atoms with van der Waals surface area (Å²) in [4.78, 5) is 19.4. The van der Waals surface area contributed by atoms with Gasteiger partial charge in [-0.2, -0.15) is 4.98 Å². The summed E-state index contributed by atoms with van der Waals surface area (Å²) in [6.45, 7) is 8.17. The number of aliphatic hydroxyl groups is 1. The highest BCUT2D eigenvalue weighted by Gasteiger charge is 2.34. The predicted octanol–water partition coefficient (Wildman–Crippen LogP) is 3.10. The minimum Gasteiger partial charge on any atom is -0.493 e. The molecule has 1 fully saturated rings. The third-order valence-corrected chi connectivity index (χ3v) is 4.89. The van der Waals surface area contributed by atoms with Crippen molar-refractivity contribution in [3.8, 4) is 5.75 Å². The monoisotopic (exact) mass is 373 g/mol.